The predicted octanol–water partition coefficient (Wildman–Crippen LogP) is 2.21. The van der Waals surface area contributed by atoms with Crippen LogP contribution in [0.1, 0.15) is 26.5 Å². The Bertz CT molecular complexity index is 339. The molecule has 1 fully saturated rings. The smallest absolute Gasteiger partial charge is 0.254 e. The van der Waals surface area contributed by atoms with Crippen LogP contribution in [-0.4, -0.2) is 23.9 Å². The Balaban J connectivity index is 2.23. The largest absolute Gasteiger partial charge is 0.338 e. The molecule has 1 aliphatic rings. The lowest BCUT2D eigenvalue weighted by Crippen LogP contribution is -2.42. The van der Waals surface area contributed by atoms with Gasteiger partial charge >= 0.3 is 0 Å². The number of carbonyl (C=O) groups is 1. The quantitative estimate of drug-likeness (QED) is 0.672. The van der Waals surface area contributed by atoms with Gasteiger partial charge < -0.3 is 4.90 Å². The van der Waals surface area contributed by atoms with Gasteiger partial charge in [-0.1, -0.05) is 0 Å². The Morgan fingerprint density at radius 2 is 2.15 bits per heavy atom. The van der Waals surface area contributed by atoms with Crippen LogP contribution in [0, 0.1) is 13.8 Å². The number of rotatable bonds is 1. The lowest BCUT2D eigenvalue weighted by molar-refractivity contribution is 0.0651. The molecule has 0 atom stereocenters. The molecule has 2 rings (SSSR count). The first-order valence-corrected chi connectivity index (χ1v) is 5.36. The lowest BCUT2D eigenvalue weighted by atomic mass is 10.1. The third-order valence-corrected chi connectivity index (χ3v) is 3.38. The summed E-state index contributed by atoms with van der Waals surface area (Å²) in [4.78, 5) is 16.1. The van der Waals surface area contributed by atoms with Crippen molar-refractivity contribution < 1.29 is 4.79 Å². The molecule has 2 nitrogen and oxygen atoms in total. The minimum Gasteiger partial charge on any atom is -0.338 e. The first-order chi connectivity index (χ1) is 6.18. The molecule has 0 spiro atoms. The van der Waals surface area contributed by atoms with E-state index in [1.165, 1.54) is 4.88 Å². The number of likely N-dealkylation sites (tertiary alicyclic amines) is 1. The molecule has 0 bridgehead atoms. The summed E-state index contributed by atoms with van der Waals surface area (Å²) in [7, 11) is 0. The second-order valence-corrected chi connectivity index (χ2v) is 4.93. The molecular formula is C10H13NOS. The lowest BCUT2D eigenvalue weighted by Gasteiger charge is -2.30. The average Bonchev–Trinajstić information content (AvgIpc) is 2.26. The highest BCUT2D eigenvalue weighted by Crippen LogP contribution is 2.23. The number of aryl methyl sites for hydroxylation is 2. The monoisotopic (exact) mass is 195 g/mol. The maximum absolute atomic E-state index is 11.8. The van der Waals surface area contributed by atoms with Gasteiger partial charge in [-0.15, -0.1) is 11.3 Å². The minimum atomic E-state index is 0.216. The molecule has 70 valence electrons. The zero-order valence-corrected chi connectivity index (χ0v) is 8.78. The summed E-state index contributed by atoms with van der Waals surface area (Å²) < 4.78 is 0. The van der Waals surface area contributed by atoms with E-state index >= 15 is 0 Å². The van der Waals surface area contributed by atoms with Crippen LogP contribution < -0.4 is 0 Å². The molecule has 1 aliphatic heterocycles. The van der Waals surface area contributed by atoms with Crippen LogP contribution in [0.2, 0.25) is 0 Å². The second-order valence-electron chi connectivity index (χ2n) is 3.47. The van der Waals surface area contributed by atoms with E-state index in [0.29, 0.717) is 0 Å². The zero-order valence-electron chi connectivity index (χ0n) is 7.96. The fourth-order valence-corrected chi connectivity index (χ4v) is 2.45. The van der Waals surface area contributed by atoms with Gasteiger partial charge in [0.2, 0.25) is 0 Å². The van der Waals surface area contributed by atoms with Crippen molar-refractivity contribution in [2.75, 3.05) is 13.1 Å². The van der Waals surface area contributed by atoms with Crippen LogP contribution in [0.15, 0.2) is 6.07 Å². The zero-order chi connectivity index (χ0) is 9.42. The molecule has 1 aromatic heterocycles. The van der Waals surface area contributed by atoms with Crippen LogP contribution in [0.4, 0.5) is 0 Å². The maximum Gasteiger partial charge on any atom is 0.254 e. The van der Waals surface area contributed by atoms with Gasteiger partial charge in [-0.25, -0.2) is 0 Å². The fourth-order valence-electron chi connectivity index (χ4n) is 1.53. The molecule has 0 saturated carbocycles. The number of amides is 1. The molecule has 1 aromatic rings. The van der Waals surface area contributed by atoms with Crippen LogP contribution >= 0.6 is 11.3 Å². The van der Waals surface area contributed by atoms with Crippen LogP contribution in [0.5, 0.6) is 0 Å². The number of hydrogen-bond acceptors (Lipinski definition) is 2. The standard InChI is InChI=1S/C10H13NOS/c1-7-6-9(8(2)13-7)10(12)11-4-3-5-11/h6H,3-5H2,1-2H3. The molecule has 0 aliphatic carbocycles. The average molecular weight is 195 g/mol. The molecule has 0 aromatic carbocycles. The first kappa shape index (κ1) is 8.75. The number of hydrogen-bond donors (Lipinski definition) is 0. The maximum atomic E-state index is 11.8. The van der Waals surface area contributed by atoms with E-state index in [1.807, 2.05) is 24.8 Å². The molecular weight excluding hydrogens is 182 g/mol. The van der Waals surface area contributed by atoms with Crippen LogP contribution in [0.3, 0.4) is 0 Å². The van der Waals surface area contributed by atoms with Gasteiger partial charge in [-0.2, -0.15) is 0 Å². The number of carbonyl (C=O) groups excluding carboxylic acids is 1. The Morgan fingerprint density at radius 1 is 1.46 bits per heavy atom. The Hall–Kier alpha value is -0.830. The highest BCUT2D eigenvalue weighted by Gasteiger charge is 2.23. The van der Waals surface area contributed by atoms with E-state index in [2.05, 4.69) is 0 Å². The Kier molecular flexibility index (Phi) is 2.12. The molecule has 2 heterocycles. The van der Waals surface area contributed by atoms with E-state index in [4.69, 9.17) is 0 Å². The highest BCUT2D eigenvalue weighted by molar-refractivity contribution is 7.12. The predicted molar refractivity (Wildman–Crippen MR) is 54.3 cm³/mol. The first-order valence-electron chi connectivity index (χ1n) is 4.55. The molecule has 3 heteroatoms. The van der Waals surface area contributed by atoms with Crippen molar-refractivity contribution in [3.05, 3.63) is 21.4 Å². The second kappa shape index (κ2) is 3.14. The topological polar surface area (TPSA) is 20.3 Å². The summed E-state index contributed by atoms with van der Waals surface area (Å²) in [6.45, 7) is 5.94. The summed E-state index contributed by atoms with van der Waals surface area (Å²) in [5, 5.41) is 0. The number of thiophene rings is 1. The molecule has 0 N–H and O–H groups in total. The van der Waals surface area contributed by atoms with Crippen molar-refractivity contribution >= 4 is 17.2 Å². The van der Waals surface area contributed by atoms with E-state index in [0.717, 1.165) is 30.0 Å². The van der Waals surface area contributed by atoms with Crippen LogP contribution in [-0.2, 0) is 0 Å². The van der Waals surface area contributed by atoms with Crippen molar-refractivity contribution in [2.24, 2.45) is 0 Å². The van der Waals surface area contributed by atoms with Crippen molar-refractivity contribution in [1.82, 2.24) is 4.90 Å². The van der Waals surface area contributed by atoms with Crippen molar-refractivity contribution in [2.45, 2.75) is 20.3 Å². The SMILES string of the molecule is Cc1cc(C(=O)N2CCC2)c(C)s1. The van der Waals surface area contributed by atoms with Crippen molar-refractivity contribution in [3.8, 4) is 0 Å². The third kappa shape index (κ3) is 1.48. The van der Waals surface area contributed by atoms with E-state index < -0.39 is 0 Å². The summed E-state index contributed by atoms with van der Waals surface area (Å²) in [6.07, 6.45) is 1.16. The Labute approximate surface area is 82.2 Å². The molecule has 1 saturated heterocycles. The van der Waals surface area contributed by atoms with Crippen LogP contribution in [0.25, 0.3) is 0 Å². The highest BCUT2D eigenvalue weighted by atomic mass is 32.1. The van der Waals surface area contributed by atoms with E-state index in [1.54, 1.807) is 11.3 Å². The Morgan fingerprint density at radius 3 is 2.54 bits per heavy atom. The van der Waals surface area contributed by atoms with Gasteiger partial charge in [-0.3, -0.25) is 4.79 Å². The molecule has 0 unspecified atom stereocenters. The summed E-state index contributed by atoms with van der Waals surface area (Å²) >= 11 is 1.70. The van der Waals surface area contributed by atoms with Gasteiger partial charge in [0.1, 0.15) is 0 Å². The van der Waals surface area contributed by atoms with Crippen molar-refractivity contribution in [3.63, 3.8) is 0 Å². The van der Waals surface area contributed by atoms with Gasteiger partial charge in [0, 0.05) is 22.8 Å². The number of nitrogens with zero attached hydrogens (tertiary/aromatic N) is 1. The van der Waals surface area contributed by atoms with E-state index in [-0.39, 0.29) is 5.91 Å². The molecule has 0 radical (unpaired) electrons. The summed E-state index contributed by atoms with van der Waals surface area (Å²) in [6, 6.07) is 2.00. The van der Waals surface area contributed by atoms with Crippen molar-refractivity contribution in [1.29, 1.82) is 0 Å². The van der Waals surface area contributed by atoms with Gasteiger partial charge in [0.25, 0.3) is 5.91 Å². The summed E-state index contributed by atoms with van der Waals surface area (Å²) in [5.74, 6) is 0.216. The normalized spacial score (nSPS) is 15.7. The van der Waals surface area contributed by atoms with Gasteiger partial charge in [-0.05, 0) is 26.3 Å². The van der Waals surface area contributed by atoms with E-state index in [9.17, 15) is 4.79 Å². The molecule has 13 heavy (non-hydrogen) atoms. The summed E-state index contributed by atoms with van der Waals surface area (Å²) in [5.41, 5.74) is 0.905. The minimum absolute atomic E-state index is 0.216. The third-order valence-electron chi connectivity index (χ3n) is 2.41. The van der Waals surface area contributed by atoms with Gasteiger partial charge in [0.15, 0.2) is 0 Å². The fraction of sp³-hybridized carbons (Fsp3) is 0.500. The van der Waals surface area contributed by atoms with Gasteiger partial charge in [0.05, 0.1) is 5.56 Å². The molecule has 1 amide bonds.